The molecule has 0 saturated carbocycles. The molecule has 3 N–H and O–H groups in total. The van der Waals surface area contributed by atoms with Crippen molar-refractivity contribution in [2.75, 3.05) is 23.8 Å². The van der Waals surface area contributed by atoms with Crippen LogP contribution in [0.15, 0.2) is 66.7 Å². The van der Waals surface area contributed by atoms with E-state index >= 15 is 0 Å². The van der Waals surface area contributed by atoms with Gasteiger partial charge in [-0.1, -0.05) is 36.4 Å². The van der Waals surface area contributed by atoms with Gasteiger partial charge in [0.1, 0.15) is 23.8 Å². The molecule has 39 heavy (non-hydrogen) atoms. The highest BCUT2D eigenvalue weighted by molar-refractivity contribution is 6.00. The molecule has 3 aliphatic heterocycles. The fraction of sp³-hybridized carbons (Fsp3) is 0.333. The zero-order valence-electron chi connectivity index (χ0n) is 21.3. The molecule has 3 amide bonds. The number of rotatable bonds is 5. The predicted octanol–water partition coefficient (Wildman–Crippen LogP) is 4.44. The second-order valence-electron chi connectivity index (χ2n) is 10.3. The van der Waals surface area contributed by atoms with E-state index in [9.17, 15) is 19.1 Å². The van der Waals surface area contributed by atoms with Gasteiger partial charge in [0.15, 0.2) is 0 Å². The molecule has 6 rings (SSSR count). The van der Waals surface area contributed by atoms with Crippen LogP contribution in [0.1, 0.15) is 35.4 Å². The summed E-state index contributed by atoms with van der Waals surface area (Å²) in [5.41, 5.74) is 3.95. The number of hydrogen-bond donors (Lipinski definition) is 3. The minimum absolute atomic E-state index is 0.0315. The number of carbonyl (C=O) groups is 2. The highest BCUT2D eigenvalue weighted by Crippen LogP contribution is 2.47. The number of nitrogens with one attached hydrogen (secondary N) is 2. The van der Waals surface area contributed by atoms with Crippen LogP contribution in [0, 0.1) is 5.82 Å². The minimum Gasteiger partial charge on any atom is -0.487 e. The SMILES string of the molecule is O=C(Nc1ccc2c(c1)[C@@H]1C[C@@H](CC(=O)N3CCc4ccccc4C3)O[C@@H](CO)[C@@H]1O2)Nc1ccccc1F. The van der Waals surface area contributed by atoms with Gasteiger partial charge in [-0.2, -0.15) is 0 Å². The summed E-state index contributed by atoms with van der Waals surface area (Å²) in [7, 11) is 0. The Kier molecular flexibility index (Phi) is 6.93. The van der Waals surface area contributed by atoms with Crippen LogP contribution in [0.3, 0.4) is 0 Å². The number of aliphatic hydroxyl groups is 1. The first-order valence-electron chi connectivity index (χ1n) is 13.2. The van der Waals surface area contributed by atoms with E-state index in [1.54, 1.807) is 24.3 Å². The van der Waals surface area contributed by atoms with Gasteiger partial charge < -0.3 is 30.1 Å². The molecule has 0 aromatic heterocycles. The molecule has 0 bridgehead atoms. The van der Waals surface area contributed by atoms with E-state index < -0.39 is 18.0 Å². The Morgan fingerprint density at radius 1 is 1.03 bits per heavy atom. The van der Waals surface area contributed by atoms with Gasteiger partial charge in [-0.25, -0.2) is 9.18 Å². The van der Waals surface area contributed by atoms with Crippen molar-refractivity contribution in [1.29, 1.82) is 0 Å². The van der Waals surface area contributed by atoms with Crippen LogP contribution in [0.5, 0.6) is 5.75 Å². The van der Waals surface area contributed by atoms with Gasteiger partial charge in [-0.05, 0) is 54.3 Å². The first-order chi connectivity index (χ1) is 19.0. The Labute approximate surface area is 225 Å². The van der Waals surface area contributed by atoms with E-state index in [2.05, 4.69) is 22.8 Å². The maximum atomic E-state index is 13.9. The van der Waals surface area contributed by atoms with Crippen LogP contribution < -0.4 is 15.4 Å². The summed E-state index contributed by atoms with van der Waals surface area (Å²) in [6, 6.07) is 18.9. The van der Waals surface area contributed by atoms with Crippen molar-refractivity contribution >= 4 is 23.3 Å². The molecule has 1 saturated heterocycles. The fourth-order valence-electron chi connectivity index (χ4n) is 5.85. The van der Waals surface area contributed by atoms with E-state index in [4.69, 9.17) is 9.47 Å². The number of carbonyl (C=O) groups excluding carboxylic acids is 2. The highest BCUT2D eigenvalue weighted by Gasteiger charge is 2.46. The topological polar surface area (TPSA) is 100 Å². The zero-order valence-corrected chi connectivity index (χ0v) is 21.3. The van der Waals surface area contributed by atoms with Crippen LogP contribution in [-0.2, 0) is 22.5 Å². The summed E-state index contributed by atoms with van der Waals surface area (Å²) in [6.45, 7) is 1.04. The predicted molar refractivity (Wildman–Crippen MR) is 143 cm³/mol. The first kappa shape index (κ1) is 25.3. The number of amides is 3. The maximum Gasteiger partial charge on any atom is 0.323 e. The number of anilines is 2. The summed E-state index contributed by atoms with van der Waals surface area (Å²) in [5, 5.41) is 15.3. The van der Waals surface area contributed by atoms with Crippen molar-refractivity contribution in [3.05, 3.63) is 89.2 Å². The molecule has 0 radical (unpaired) electrons. The molecule has 0 unspecified atom stereocenters. The normalized spacial score (nSPS) is 23.2. The summed E-state index contributed by atoms with van der Waals surface area (Å²) >= 11 is 0. The van der Waals surface area contributed by atoms with Gasteiger partial charge in [0.25, 0.3) is 0 Å². The molecule has 4 atom stereocenters. The molecule has 0 spiro atoms. The third kappa shape index (κ3) is 5.20. The average molecular weight is 532 g/mol. The van der Waals surface area contributed by atoms with Gasteiger partial charge in [0, 0.05) is 30.3 Å². The number of fused-ring (bicyclic) bond motifs is 4. The van der Waals surface area contributed by atoms with Crippen molar-refractivity contribution in [2.24, 2.45) is 0 Å². The third-order valence-corrected chi connectivity index (χ3v) is 7.76. The Bertz CT molecular complexity index is 1400. The molecule has 3 aromatic carbocycles. The average Bonchev–Trinajstić information content (AvgIpc) is 3.31. The molecule has 3 aromatic rings. The molecule has 3 aliphatic rings. The smallest absolute Gasteiger partial charge is 0.323 e. The standard InChI is InChI=1S/C30H30FN3O5/c31-24-7-3-4-8-25(24)33-30(37)32-20-9-10-26-22(13-20)23-14-21(38-27(17-35)29(23)39-26)15-28(36)34-12-11-18-5-1-2-6-19(18)16-34/h1-10,13,21,23,27,29,35H,11-12,14-17H2,(H2,32,33,37)/t21-,23-,27-,29+/m0/s1. The van der Waals surface area contributed by atoms with Gasteiger partial charge in [-0.15, -0.1) is 0 Å². The fourth-order valence-corrected chi connectivity index (χ4v) is 5.85. The lowest BCUT2D eigenvalue weighted by atomic mass is 9.84. The van der Waals surface area contributed by atoms with Crippen LogP contribution >= 0.6 is 0 Å². The summed E-state index contributed by atoms with van der Waals surface area (Å²) in [5.74, 6) is 0.0577. The van der Waals surface area contributed by atoms with Crippen molar-refractivity contribution in [2.45, 2.75) is 50.0 Å². The highest BCUT2D eigenvalue weighted by atomic mass is 19.1. The van der Waals surface area contributed by atoms with E-state index in [1.165, 1.54) is 23.3 Å². The lowest BCUT2D eigenvalue weighted by Gasteiger charge is -2.38. The molecular formula is C30H30FN3O5. The summed E-state index contributed by atoms with van der Waals surface area (Å²) in [6.07, 6.45) is 0.273. The van der Waals surface area contributed by atoms with Crippen LogP contribution in [0.25, 0.3) is 0 Å². The van der Waals surface area contributed by atoms with Crippen LogP contribution in [0.2, 0.25) is 0 Å². The second kappa shape index (κ2) is 10.7. The second-order valence-corrected chi connectivity index (χ2v) is 10.3. The molecule has 1 fully saturated rings. The Balaban J connectivity index is 1.14. The lowest BCUT2D eigenvalue weighted by Crippen LogP contribution is -2.48. The van der Waals surface area contributed by atoms with Crippen LogP contribution in [0.4, 0.5) is 20.6 Å². The van der Waals surface area contributed by atoms with Crippen molar-refractivity contribution < 1.29 is 28.6 Å². The largest absolute Gasteiger partial charge is 0.487 e. The Morgan fingerprint density at radius 3 is 2.64 bits per heavy atom. The number of urea groups is 1. The minimum atomic E-state index is -0.572. The van der Waals surface area contributed by atoms with E-state index in [1.807, 2.05) is 23.1 Å². The number of benzene rings is 3. The van der Waals surface area contributed by atoms with E-state index in [-0.39, 0.29) is 42.7 Å². The first-order valence-corrected chi connectivity index (χ1v) is 13.2. The molecule has 9 heteroatoms. The lowest BCUT2D eigenvalue weighted by molar-refractivity contribution is -0.149. The van der Waals surface area contributed by atoms with E-state index in [0.717, 1.165) is 12.0 Å². The number of halogens is 1. The summed E-state index contributed by atoms with van der Waals surface area (Å²) in [4.78, 5) is 27.6. The van der Waals surface area contributed by atoms with Gasteiger partial charge in [0.05, 0.1) is 24.8 Å². The summed E-state index contributed by atoms with van der Waals surface area (Å²) < 4.78 is 26.2. The molecular weight excluding hydrogens is 501 g/mol. The van der Waals surface area contributed by atoms with Crippen molar-refractivity contribution in [3.8, 4) is 5.75 Å². The number of para-hydroxylation sites is 1. The Hall–Kier alpha value is -3.95. The third-order valence-electron chi connectivity index (χ3n) is 7.76. The molecule has 0 aliphatic carbocycles. The number of hydrogen-bond acceptors (Lipinski definition) is 5. The molecule has 8 nitrogen and oxygen atoms in total. The number of aliphatic hydroxyl groups excluding tert-OH is 1. The Morgan fingerprint density at radius 2 is 1.82 bits per heavy atom. The van der Waals surface area contributed by atoms with Gasteiger partial charge in [0.2, 0.25) is 5.91 Å². The maximum absolute atomic E-state index is 13.9. The van der Waals surface area contributed by atoms with Crippen LogP contribution in [-0.4, -0.2) is 53.4 Å². The monoisotopic (exact) mass is 531 g/mol. The van der Waals surface area contributed by atoms with Crippen molar-refractivity contribution in [3.63, 3.8) is 0 Å². The quantitative estimate of drug-likeness (QED) is 0.452. The van der Waals surface area contributed by atoms with Gasteiger partial charge >= 0.3 is 6.03 Å². The number of ether oxygens (including phenoxy) is 2. The number of nitrogens with zero attached hydrogens (tertiary/aromatic N) is 1. The zero-order chi connectivity index (χ0) is 26.9. The van der Waals surface area contributed by atoms with E-state index in [0.29, 0.717) is 30.9 Å². The van der Waals surface area contributed by atoms with Gasteiger partial charge in [-0.3, -0.25) is 4.79 Å². The van der Waals surface area contributed by atoms with Crippen molar-refractivity contribution in [1.82, 2.24) is 4.90 Å². The molecule has 3 heterocycles. The molecule has 202 valence electrons.